The first-order chi connectivity index (χ1) is 8.15. The molecule has 1 amide bonds. The summed E-state index contributed by atoms with van der Waals surface area (Å²) in [5, 5.41) is 2.47. The molecule has 0 bridgehead atoms. The molecular weight excluding hydrogens is 227 g/mol. The summed E-state index contributed by atoms with van der Waals surface area (Å²) in [6, 6.07) is 4.97. The molecule has 6 heteroatoms. The van der Waals surface area contributed by atoms with Crippen molar-refractivity contribution in [3.63, 3.8) is 0 Å². The maximum absolute atomic E-state index is 12.5. The van der Waals surface area contributed by atoms with Crippen LogP contribution >= 0.6 is 0 Å². The van der Waals surface area contributed by atoms with Gasteiger partial charge in [-0.3, -0.25) is 4.79 Å². The Morgan fingerprint density at radius 3 is 2.71 bits per heavy atom. The lowest BCUT2D eigenvalue weighted by Crippen LogP contribution is -2.13. The van der Waals surface area contributed by atoms with Gasteiger partial charge in [0.25, 0.3) is 5.91 Å². The number of carbonyl (C=O) groups excluding carboxylic acids is 1. The van der Waals surface area contributed by atoms with E-state index >= 15 is 0 Å². The minimum absolute atomic E-state index is 0.189. The summed E-state index contributed by atoms with van der Waals surface area (Å²) in [6.45, 7) is 0. The fourth-order valence-corrected chi connectivity index (χ4v) is 1.14. The lowest BCUT2D eigenvalue weighted by molar-refractivity contribution is 0.102. The summed E-state index contributed by atoms with van der Waals surface area (Å²) in [4.78, 5) is 25.7. The highest BCUT2D eigenvalue weighted by Crippen LogP contribution is 2.07. The van der Waals surface area contributed by atoms with Gasteiger partial charge in [-0.2, -0.15) is 4.39 Å². The summed E-state index contributed by atoms with van der Waals surface area (Å²) >= 11 is 0. The summed E-state index contributed by atoms with van der Waals surface area (Å²) in [6.07, 6.45) is 2.24. The molecule has 0 aliphatic carbocycles. The van der Waals surface area contributed by atoms with Gasteiger partial charge in [-0.15, -0.1) is 0 Å². The number of hydrogen-bond acceptors (Lipinski definition) is 4. The first-order valence-corrected chi connectivity index (χ1v) is 4.67. The van der Waals surface area contributed by atoms with Gasteiger partial charge < -0.3 is 9.73 Å². The van der Waals surface area contributed by atoms with E-state index < -0.39 is 17.5 Å². The van der Waals surface area contributed by atoms with Gasteiger partial charge in [-0.25, -0.2) is 9.78 Å². The second-order valence-electron chi connectivity index (χ2n) is 3.17. The molecule has 0 spiro atoms. The van der Waals surface area contributed by atoms with Crippen molar-refractivity contribution in [2.75, 3.05) is 5.32 Å². The van der Waals surface area contributed by atoms with E-state index in [0.717, 1.165) is 18.4 Å². The fraction of sp³-hybridized carbons (Fsp3) is 0. The number of nitrogens with one attached hydrogen (secondary N) is 1. The summed E-state index contributed by atoms with van der Waals surface area (Å²) in [5.74, 6) is -1.10. The molecule has 17 heavy (non-hydrogen) atoms. The number of hydrogen-bond donors (Lipinski definition) is 1. The van der Waals surface area contributed by atoms with E-state index in [9.17, 15) is 14.0 Å². The highest BCUT2D eigenvalue weighted by molar-refractivity contribution is 6.03. The third-order valence-corrected chi connectivity index (χ3v) is 1.95. The normalized spacial score (nSPS) is 9.94. The van der Waals surface area contributed by atoms with Crippen molar-refractivity contribution in [1.82, 2.24) is 4.98 Å². The van der Waals surface area contributed by atoms with E-state index in [-0.39, 0.29) is 5.56 Å². The largest absolute Gasteiger partial charge is 0.430 e. The molecule has 2 rings (SSSR count). The average molecular weight is 234 g/mol. The molecule has 0 aliphatic rings. The van der Waals surface area contributed by atoms with E-state index in [4.69, 9.17) is 0 Å². The van der Waals surface area contributed by atoms with E-state index in [1.807, 2.05) is 0 Å². The molecule has 0 aromatic carbocycles. The third kappa shape index (κ3) is 2.75. The Morgan fingerprint density at radius 1 is 1.29 bits per heavy atom. The van der Waals surface area contributed by atoms with Crippen molar-refractivity contribution in [2.24, 2.45) is 0 Å². The Bertz CT molecular complexity index is 572. The van der Waals surface area contributed by atoms with Crippen molar-refractivity contribution in [2.45, 2.75) is 0 Å². The summed E-state index contributed by atoms with van der Waals surface area (Å²) < 4.78 is 17.1. The van der Waals surface area contributed by atoms with Gasteiger partial charge in [-0.05, 0) is 18.2 Å². The first-order valence-electron chi connectivity index (χ1n) is 4.67. The van der Waals surface area contributed by atoms with Crippen LogP contribution < -0.4 is 10.9 Å². The van der Waals surface area contributed by atoms with Crippen molar-refractivity contribution >= 4 is 11.6 Å². The van der Waals surface area contributed by atoms with Crippen molar-refractivity contribution in [1.29, 1.82) is 0 Å². The van der Waals surface area contributed by atoms with E-state index in [1.165, 1.54) is 18.3 Å². The third-order valence-electron chi connectivity index (χ3n) is 1.95. The molecule has 2 aromatic rings. The van der Waals surface area contributed by atoms with Crippen LogP contribution in [0.2, 0.25) is 0 Å². The Labute approximate surface area is 94.9 Å². The van der Waals surface area contributed by atoms with Crippen LogP contribution in [-0.4, -0.2) is 10.9 Å². The Balaban J connectivity index is 2.14. The molecule has 1 N–H and O–H groups in total. The topological polar surface area (TPSA) is 72.2 Å². The van der Waals surface area contributed by atoms with Gasteiger partial charge in [0.2, 0.25) is 5.95 Å². The van der Waals surface area contributed by atoms with Crippen LogP contribution in [0.5, 0.6) is 0 Å². The molecule has 0 radical (unpaired) electrons. The van der Waals surface area contributed by atoms with E-state index in [2.05, 4.69) is 14.7 Å². The van der Waals surface area contributed by atoms with Crippen LogP contribution in [0.4, 0.5) is 10.1 Å². The zero-order valence-electron chi connectivity index (χ0n) is 8.51. The zero-order chi connectivity index (χ0) is 12.3. The first kappa shape index (κ1) is 11.0. The molecule has 0 aliphatic heterocycles. The van der Waals surface area contributed by atoms with Gasteiger partial charge >= 0.3 is 5.63 Å². The molecule has 0 unspecified atom stereocenters. The predicted octanol–water partition coefficient (Wildman–Crippen LogP) is 1.43. The number of pyridine rings is 1. The standard InChI is InChI=1S/C11H7FN2O3/c12-9-3-2-8(5-13-9)14-11(16)7-1-4-10(15)17-6-7/h1-6H,(H,14,16). The smallest absolute Gasteiger partial charge is 0.335 e. The molecular formula is C11H7FN2O3. The molecule has 0 atom stereocenters. The second kappa shape index (κ2) is 4.56. The van der Waals surface area contributed by atoms with Crippen LogP contribution in [0, 0.1) is 5.95 Å². The van der Waals surface area contributed by atoms with Crippen LogP contribution in [0.3, 0.4) is 0 Å². The number of rotatable bonds is 2. The highest BCUT2D eigenvalue weighted by atomic mass is 19.1. The second-order valence-corrected chi connectivity index (χ2v) is 3.17. The fourth-order valence-electron chi connectivity index (χ4n) is 1.14. The van der Waals surface area contributed by atoms with Crippen molar-refractivity contribution < 1.29 is 13.6 Å². The molecule has 86 valence electrons. The van der Waals surface area contributed by atoms with Gasteiger partial charge in [0.15, 0.2) is 0 Å². The van der Waals surface area contributed by atoms with Crippen LogP contribution in [0.1, 0.15) is 10.4 Å². The number of aromatic nitrogens is 1. The number of nitrogens with zero attached hydrogens (tertiary/aromatic N) is 1. The Morgan fingerprint density at radius 2 is 2.12 bits per heavy atom. The molecule has 0 fully saturated rings. The minimum Gasteiger partial charge on any atom is -0.430 e. The molecule has 2 aromatic heterocycles. The predicted molar refractivity (Wildman–Crippen MR) is 57.1 cm³/mol. The molecule has 0 saturated carbocycles. The van der Waals surface area contributed by atoms with Gasteiger partial charge in [-0.1, -0.05) is 0 Å². The quantitative estimate of drug-likeness (QED) is 0.798. The van der Waals surface area contributed by atoms with Crippen molar-refractivity contribution in [3.05, 3.63) is 58.7 Å². The van der Waals surface area contributed by atoms with Gasteiger partial charge in [0.1, 0.15) is 6.26 Å². The number of anilines is 1. The lowest BCUT2D eigenvalue weighted by Gasteiger charge is -2.03. The maximum Gasteiger partial charge on any atom is 0.335 e. The van der Waals surface area contributed by atoms with Gasteiger partial charge in [0.05, 0.1) is 17.4 Å². The lowest BCUT2D eigenvalue weighted by atomic mass is 10.3. The molecule has 5 nitrogen and oxygen atoms in total. The number of halogens is 1. The average Bonchev–Trinajstić information content (AvgIpc) is 2.33. The van der Waals surface area contributed by atoms with E-state index in [0.29, 0.717) is 5.69 Å². The summed E-state index contributed by atoms with van der Waals surface area (Å²) in [5.41, 5.74) is 0.00141. The SMILES string of the molecule is O=C(Nc1ccc(F)nc1)c1ccc(=O)oc1. The van der Waals surface area contributed by atoms with Crippen molar-refractivity contribution in [3.8, 4) is 0 Å². The zero-order valence-corrected chi connectivity index (χ0v) is 8.51. The maximum atomic E-state index is 12.5. The molecule has 0 saturated heterocycles. The minimum atomic E-state index is -0.631. The van der Waals surface area contributed by atoms with Gasteiger partial charge in [0, 0.05) is 6.07 Å². The highest BCUT2D eigenvalue weighted by Gasteiger charge is 2.07. The number of amides is 1. The van der Waals surface area contributed by atoms with Crippen LogP contribution in [-0.2, 0) is 0 Å². The van der Waals surface area contributed by atoms with Crippen LogP contribution in [0.25, 0.3) is 0 Å². The summed E-state index contributed by atoms with van der Waals surface area (Å²) in [7, 11) is 0. The number of carbonyl (C=O) groups is 1. The Kier molecular flexibility index (Phi) is 2.95. The molecule has 2 heterocycles. The van der Waals surface area contributed by atoms with E-state index in [1.54, 1.807) is 0 Å². The Hall–Kier alpha value is -2.50. The monoisotopic (exact) mass is 234 g/mol. The van der Waals surface area contributed by atoms with Crippen LogP contribution in [0.15, 0.2) is 45.9 Å².